The van der Waals surface area contributed by atoms with Crippen LogP contribution in [-0.4, -0.2) is 140 Å². The molecule has 0 spiro atoms. The number of carbonyl (C=O) groups is 3. The SMILES string of the molecule is CC(C)(C)c1c[nH]c2cc(O)c(O)cc2c1=O.CC(C)(C)c1cn(C2CC2)c2cc(O)c(O)cc2c1=O.CC(C)NC(=O)c1cn(C(C)(C)C)c2cc(O)c(O)c(Cl)c2c1=O.CC(C)NC(=O)c1cn(C(C)C)c2cc(O)c(O)c(Cl)c2c1=O.CC(C)NC(=O)c1cn(C2CC2)c2cc(O)c(O)cc2c1=O.CC(C)n1cc(C(C)(C)C)c(=O)c2cc(O)c(O)cc21.CCn1cc(C(C)(C)C)c(=O)c2cc(O)c(O)cc21. The predicted octanol–water partition coefficient (Wildman–Crippen LogP) is 18.9. The number of amides is 3. The van der Waals surface area contributed by atoms with Gasteiger partial charge in [-0.3, -0.25) is 47.9 Å². The van der Waals surface area contributed by atoms with Crippen LogP contribution in [0.3, 0.4) is 0 Å². The molecule has 7 heterocycles. The molecule has 36 heteroatoms. The molecule has 2 aliphatic carbocycles. The minimum atomic E-state index is -0.594. The third-order valence-corrected chi connectivity index (χ3v) is 25.0. The van der Waals surface area contributed by atoms with Gasteiger partial charge in [0.1, 0.15) is 16.7 Å². The van der Waals surface area contributed by atoms with Gasteiger partial charge < -0.3 is 120 Å². The van der Waals surface area contributed by atoms with Crippen molar-refractivity contribution in [3.63, 3.8) is 0 Å². The highest BCUT2D eigenvalue weighted by atomic mass is 35.5. The summed E-state index contributed by atoms with van der Waals surface area (Å²) in [5.41, 5.74) is 2.83. The maximum atomic E-state index is 12.8. The number of phenols is 14. The number of hydrogen-bond acceptors (Lipinski definition) is 24. The number of rotatable bonds is 11. The molecule has 34 nitrogen and oxygen atoms in total. The summed E-state index contributed by atoms with van der Waals surface area (Å²) in [6.45, 7) is 50.7. The highest BCUT2D eigenvalue weighted by Crippen LogP contribution is 2.45. The molecule has 0 atom stereocenters. The first-order chi connectivity index (χ1) is 66.9. The zero-order chi connectivity index (χ0) is 109. The quantitative estimate of drug-likeness (QED) is 0.0535. The molecule has 2 saturated carbocycles. The number of aromatic nitrogens is 7. The number of pyridine rings is 7. The maximum Gasteiger partial charge on any atom is 0.256 e. The van der Waals surface area contributed by atoms with E-state index in [2.05, 4.69) is 25.5 Å². The second-order valence-corrected chi connectivity index (χ2v) is 43.7. The molecule has 145 heavy (non-hydrogen) atoms. The maximum absolute atomic E-state index is 12.8. The molecule has 16 rings (SSSR count). The van der Waals surface area contributed by atoms with Crippen LogP contribution in [0.25, 0.3) is 76.3 Å². The van der Waals surface area contributed by atoms with Gasteiger partial charge in [-0.25, -0.2) is 0 Å². The Hall–Kier alpha value is -14.8. The summed E-state index contributed by atoms with van der Waals surface area (Å²) in [5, 5.41) is 145. The van der Waals surface area contributed by atoms with Crippen LogP contribution in [0.1, 0.15) is 283 Å². The van der Waals surface area contributed by atoms with Crippen LogP contribution in [0.2, 0.25) is 10.0 Å². The fraction of sp³-hybridized carbons (Fsp3) is 0.394. The highest BCUT2D eigenvalue weighted by molar-refractivity contribution is 6.38. The number of carbonyl (C=O) groups excluding carboxylic acids is 3. The Balaban J connectivity index is 0.000000174. The summed E-state index contributed by atoms with van der Waals surface area (Å²) in [6.07, 6.45) is 15.8. The number of H-pyrrole nitrogens is 1. The van der Waals surface area contributed by atoms with Crippen molar-refractivity contribution in [1.29, 1.82) is 0 Å². The van der Waals surface area contributed by atoms with Gasteiger partial charge in [-0.1, -0.05) is 106 Å². The monoisotopic (exact) mass is 2030 g/mol. The number of benzene rings is 7. The second kappa shape index (κ2) is 42.6. The molecule has 776 valence electrons. The van der Waals surface area contributed by atoms with Crippen LogP contribution >= 0.6 is 23.2 Å². The van der Waals surface area contributed by atoms with Crippen LogP contribution < -0.4 is 54.0 Å². The molecular weight excluding hydrogens is 1900 g/mol. The molecule has 0 bridgehead atoms. The number of hydrogen-bond donors (Lipinski definition) is 18. The lowest BCUT2D eigenvalue weighted by Gasteiger charge is -2.27. The molecule has 3 amide bonds. The van der Waals surface area contributed by atoms with Crippen LogP contribution in [0.5, 0.6) is 80.5 Å². The van der Waals surface area contributed by atoms with Crippen molar-refractivity contribution in [3.8, 4) is 80.5 Å². The average molecular weight is 2040 g/mol. The number of aromatic amines is 1. The molecule has 0 radical (unpaired) electrons. The first kappa shape index (κ1) is 112. The molecule has 0 aliphatic heterocycles. The van der Waals surface area contributed by atoms with Gasteiger partial charge >= 0.3 is 0 Å². The van der Waals surface area contributed by atoms with E-state index in [0.717, 1.165) is 31.2 Å². The lowest BCUT2D eigenvalue weighted by atomic mass is 9.87. The largest absolute Gasteiger partial charge is 0.504 e. The normalized spacial score (nSPS) is 12.8. The molecule has 14 aromatic rings. The van der Waals surface area contributed by atoms with Crippen molar-refractivity contribution >= 4 is 117 Å². The van der Waals surface area contributed by atoms with Crippen molar-refractivity contribution < 1.29 is 85.9 Å². The minimum absolute atomic E-state index is 0.00158. The Morgan fingerprint density at radius 3 is 1.01 bits per heavy atom. The third-order valence-electron chi connectivity index (χ3n) is 24.2. The van der Waals surface area contributed by atoms with Crippen molar-refractivity contribution in [3.05, 3.63) is 237 Å². The second-order valence-electron chi connectivity index (χ2n) is 43.0. The van der Waals surface area contributed by atoms with Gasteiger partial charge in [0.05, 0.1) is 64.8 Å². The summed E-state index contributed by atoms with van der Waals surface area (Å²) < 4.78 is 11.1. The van der Waals surface area contributed by atoms with Crippen molar-refractivity contribution in [2.75, 3.05) is 0 Å². The number of aromatic hydroxyl groups is 14. The molecule has 18 N–H and O–H groups in total. The van der Waals surface area contributed by atoms with E-state index in [4.69, 9.17) is 23.2 Å². The molecule has 7 aromatic heterocycles. The Labute approximate surface area is 845 Å². The van der Waals surface area contributed by atoms with E-state index in [1.54, 1.807) is 49.2 Å². The lowest BCUT2D eigenvalue weighted by molar-refractivity contribution is 0.0932. The number of phenolic OH excluding ortho intramolecular Hbond substituents is 14. The van der Waals surface area contributed by atoms with E-state index >= 15 is 0 Å². The Morgan fingerprint density at radius 1 is 0.338 bits per heavy atom. The highest BCUT2D eigenvalue weighted by Gasteiger charge is 2.34. The van der Waals surface area contributed by atoms with Gasteiger partial charge in [-0.2, -0.15) is 0 Å². The zero-order valence-corrected chi connectivity index (χ0v) is 87.8. The fourth-order valence-electron chi connectivity index (χ4n) is 16.3. The number of halogens is 2. The van der Waals surface area contributed by atoms with Gasteiger partial charge in [0.2, 0.25) is 16.3 Å². The molecule has 0 saturated heterocycles. The van der Waals surface area contributed by atoms with Gasteiger partial charge in [0.25, 0.3) is 17.7 Å². The lowest BCUT2D eigenvalue weighted by Crippen LogP contribution is -2.35. The number of fused-ring (bicyclic) bond motifs is 7. The van der Waals surface area contributed by atoms with E-state index in [-0.39, 0.29) is 180 Å². The van der Waals surface area contributed by atoms with E-state index in [0.29, 0.717) is 89.4 Å². The summed E-state index contributed by atoms with van der Waals surface area (Å²) in [4.78, 5) is 128. The number of nitrogens with zero attached hydrogens (tertiary/aromatic N) is 6. The van der Waals surface area contributed by atoms with Crippen molar-refractivity contribution in [2.45, 2.75) is 282 Å². The van der Waals surface area contributed by atoms with Crippen LogP contribution in [0, 0.1) is 0 Å². The molecule has 2 fully saturated rings. The smallest absolute Gasteiger partial charge is 0.256 e. The summed E-state index contributed by atoms with van der Waals surface area (Å²) in [7, 11) is 0. The number of aryl methyl sites for hydroxylation is 1. The fourth-order valence-corrected chi connectivity index (χ4v) is 16.8. The molecular formula is C109H132Cl2N10O24. The Bertz CT molecular complexity index is 7810. The first-order valence-electron chi connectivity index (χ1n) is 47.5. The van der Waals surface area contributed by atoms with Gasteiger partial charge in [0, 0.05) is 184 Å². The number of nitrogens with one attached hydrogen (secondary N) is 4. The topological polar surface area (TPSA) is 535 Å². The molecule has 0 unspecified atom stereocenters. The Morgan fingerprint density at radius 2 is 0.634 bits per heavy atom. The van der Waals surface area contributed by atoms with E-state index in [1.807, 2.05) is 185 Å². The van der Waals surface area contributed by atoms with Crippen LogP contribution in [-0.2, 0) is 33.7 Å². The summed E-state index contributed by atoms with van der Waals surface area (Å²) in [6, 6.07) is 16.5. The Kier molecular flexibility index (Phi) is 33.0. The van der Waals surface area contributed by atoms with Crippen LogP contribution in [0.4, 0.5) is 0 Å². The zero-order valence-electron chi connectivity index (χ0n) is 86.3. The summed E-state index contributed by atoms with van der Waals surface area (Å²) >= 11 is 12.1. The van der Waals surface area contributed by atoms with Gasteiger partial charge in [-0.05, 0) is 175 Å². The predicted molar refractivity (Wildman–Crippen MR) is 568 cm³/mol. The van der Waals surface area contributed by atoms with E-state index in [9.17, 15) is 119 Å². The van der Waals surface area contributed by atoms with Crippen molar-refractivity contribution in [1.82, 2.24) is 48.3 Å². The molecule has 2 aliphatic rings. The molecule has 7 aromatic carbocycles. The van der Waals surface area contributed by atoms with Crippen LogP contribution in [0.15, 0.2) is 150 Å². The third kappa shape index (κ3) is 24.5. The average Bonchev–Trinajstić information content (AvgIpc) is 0.913. The van der Waals surface area contributed by atoms with E-state index in [1.165, 1.54) is 85.2 Å². The first-order valence-corrected chi connectivity index (χ1v) is 48.2. The minimum Gasteiger partial charge on any atom is -0.504 e. The van der Waals surface area contributed by atoms with E-state index < -0.39 is 62.5 Å². The standard InChI is InChI=1S/C17H21ClN2O4.C16H19ClN2O4.C16H18N2O4.C16H19NO3.C16H21NO3.C15H19NO3.C13H15NO3/c1-8(2)19-16(24)9-7-20(17(3,4)5)10-6-11(21)15(23)13(18)12(10)14(9)22;1-7(2)18-16(23)9-6-19(8(3)4)10-5-11(20)15(22)13(17)12(10)14(9)21;1-8(2)17-16(22)11-7-18(9-3-4-9)12-6-14(20)13(19)5-10(12)15(11)21;1-16(2,3)11-8-17(9-4-5-9)12-7-14(19)13(18)6-10(12)15(11)20;1-9(2)17-8-11(16(3,4)5)15(20)10-6-13(18)14(19)7-12(10)17;1-5-16-8-10(15(2,3)4)14(19)9-6-12(17)13(18)7-11(9)16;1-13(2,3)8-6-14-9-5-11(16)10(15)4-7(9)12(8)17/h6-8,21,23H,1-5H3,(H,19,24);5-8,20,22H,1-4H3,(H,18,23);5-9,19-20H,3-4H2,1-2H3,(H,17,22);6-9,18-19H,4-5H2,1-3H3;6-9,18-19H,1-5H3;6-8,17-18H,5H2,1-4H3;4-6,15-16H,1-3H3,(H,14,17). The van der Waals surface area contributed by atoms with Gasteiger partial charge in [0.15, 0.2) is 102 Å². The summed E-state index contributed by atoms with van der Waals surface area (Å²) in [5.74, 6) is -6.01. The van der Waals surface area contributed by atoms with Crippen molar-refractivity contribution in [2.24, 2.45) is 0 Å². The van der Waals surface area contributed by atoms with Gasteiger partial charge in [-0.15, -0.1) is 0 Å².